The van der Waals surface area contributed by atoms with Gasteiger partial charge in [-0.05, 0) is 41.9 Å². The van der Waals surface area contributed by atoms with Gasteiger partial charge in [-0.15, -0.1) is 0 Å². The van der Waals surface area contributed by atoms with Crippen molar-refractivity contribution in [2.24, 2.45) is 0 Å². The van der Waals surface area contributed by atoms with Crippen LogP contribution in [0.3, 0.4) is 0 Å². The van der Waals surface area contributed by atoms with Crippen LogP contribution in [-0.2, 0) is 22.2 Å². The molecule has 0 saturated carbocycles. The van der Waals surface area contributed by atoms with Crippen LogP contribution in [0.1, 0.15) is 18.1 Å². The molecule has 0 radical (unpaired) electrons. The number of thiocarbonyl (C=S) groups is 1. The van der Waals surface area contributed by atoms with Crippen LogP contribution in [-0.4, -0.2) is 48.9 Å². The van der Waals surface area contributed by atoms with Crippen LogP contribution in [0, 0.1) is 0 Å². The van der Waals surface area contributed by atoms with E-state index in [1.165, 1.54) is 5.56 Å². The van der Waals surface area contributed by atoms with E-state index in [9.17, 15) is 8.42 Å². The van der Waals surface area contributed by atoms with Crippen molar-refractivity contribution in [3.63, 3.8) is 0 Å². The lowest BCUT2D eigenvalue weighted by Crippen LogP contribution is -2.51. The second-order valence-electron chi connectivity index (χ2n) is 6.61. The molecule has 0 amide bonds. The van der Waals surface area contributed by atoms with E-state index in [1.807, 2.05) is 47.4 Å². The number of piperazine rings is 1. The third-order valence-corrected chi connectivity index (χ3v) is 6.93. The summed E-state index contributed by atoms with van der Waals surface area (Å²) < 4.78 is 26.8. The molecule has 1 aliphatic rings. The molecule has 5 nitrogen and oxygen atoms in total. The molecule has 0 atom stereocenters. The minimum Gasteiger partial charge on any atom is -0.346 e. The van der Waals surface area contributed by atoms with Crippen LogP contribution in [0.4, 0.5) is 5.69 Å². The zero-order valence-corrected chi connectivity index (χ0v) is 17.1. The minimum absolute atomic E-state index is 0.0420. The van der Waals surface area contributed by atoms with Gasteiger partial charge in [0.15, 0.2) is 5.11 Å². The molecule has 0 spiro atoms. The predicted octanol–water partition coefficient (Wildman–Crippen LogP) is 3.09. The molecule has 1 aliphatic heterocycles. The van der Waals surface area contributed by atoms with Crippen molar-refractivity contribution in [1.29, 1.82) is 0 Å². The van der Waals surface area contributed by atoms with Crippen molar-refractivity contribution in [2.75, 3.05) is 31.5 Å². The van der Waals surface area contributed by atoms with Crippen LogP contribution in [0.15, 0.2) is 54.6 Å². The Morgan fingerprint density at radius 1 is 0.963 bits per heavy atom. The highest BCUT2D eigenvalue weighted by Gasteiger charge is 2.27. The molecule has 2 aromatic carbocycles. The second kappa shape index (κ2) is 8.82. The molecule has 7 heteroatoms. The molecule has 1 heterocycles. The summed E-state index contributed by atoms with van der Waals surface area (Å²) in [6.07, 6.45) is 1.00. The first-order valence-electron chi connectivity index (χ1n) is 9.14. The van der Waals surface area contributed by atoms with Gasteiger partial charge >= 0.3 is 0 Å². The maximum atomic E-state index is 12.6. The van der Waals surface area contributed by atoms with Gasteiger partial charge in [0, 0.05) is 31.9 Å². The van der Waals surface area contributed by atoms with E-state index in [1.54, 1.807) is 4.31 Å². The first kappa shape index (κ1) is 19.8. The van der Waals surface area contributed by atoms with Crippen molar-refractivity contribution >= 4 is 33.0 Å². The van der Waals surface area contributed by atoms with E-state index >= 15 is 0 Å². The third kappa shape index (κ3) is 5.28. The molecule has 0 aliphatic carbocycles. The highest BCUT2D eigenvalue weighted by atomic mass is 32.2. The molecule has 0 aromatic heterocycles. The molecular weight excluding hydrogens is 378 g/mol. The van der Waals surface area contributed by atoms with E-state index in [2.05, 4.69) is 24.4 Å². The third-order valence-electron chi connectivity index (χ3n) is 4.72. The first-order chi connectivity index (χ1) is 13.0. The summed E-state index contributed by atoms with van der Waals surface area (Å²) in [7, 11) is -3.31. The Balaban J connectivity index is 1.53. The van der Waals surface area contributed by atoms with Gasteiger partial charge in [-0.3, -0.25) is 0 Å². The highest BCUT2D eigenvalue weighted by molar-refractivity contribution is 7.88. The number of sulfonamides is 1. The van der Waals surface area contributed by atoms with Crippen molar-refractivity contribution in [2.45, 2.75) is 19.1 Å². The van der Waals surface area contributed by atoms with Gasteiger partial charge in [-0.1, -0.05) is 49.4 Å². The van der Waals surface area contributed by atoms with E-state index in [0.717, 1.165) is 17.7 Å². The topological polar surface area (TPSA) is 52.6 Å². The molecular formula is C20H25N3O2S2. The number of anilines is 1. The number of rotatable bonds is 5. The second-order valence-corrected chi connectivity index (χ2v) is 8.96. The zero-order chi connectivity index (χ0) is 19.3. The monoisotopic (exact) mass is 403 g/mol. The first-order valence-corrected chi connectivity index (χ1v) is 11.2. The summed E-state index contributed by atoms with van der Waals surface area (Å²) in [5.74, 6) is 0.0420. The van der Waals surface area contributed by atoms with Gasteiger partial charge in [-0.25, -0.2) is 8.42 Å². The Bertz CT molecular complexity index is 860. The number of nitrogens with zero attached hydrogens (tertiary/aromatic N) is 2. The van der Waals surface area contributed by atoms with Gasteiger partial charge in [0.05, 0.1) is 5.75 Å². The average Bonchev–Trinajstić information content (AvgIpc) is 2.69. The fourth-order valence-electron chi connectivity index (χ4n) is 3.07. The van der Waals surface area contributed by atoms with E-state index in [0.29, 0.717) is 31.3 Å². The molecule has 144 valence electrons. The number of hydrogen-bond donors (Lipinski definition) is 1. The quantitative estimate of drug-likeness (QED) is 0.778. The number of nitrogens with one attached hydrogen (secondary N) is 1. The van der Waals surface area contributed by atoms with Crippen molar-refractivity contribution < 1.29 is 8.42 Å². The molecule has 0 bridgehead atoms. The summed E-state index contributed by atoms with van der Waals surface area (Å²) in [5.41, 5.74) is 3.05. The molecule has 27 heavy (non-hydrogen) atoms. The van der Waals surface area contributed by atoms with Gasteiger partial charge in [-0.2, -0.15) is 4.31 Å². The van der Waals surface area contributed by atoms with Crippen molar-refractivity contribution in [3.8, 4) is 0 Å². The Morgan fingerprint density at radius 3 is 2.19 bits per heavy atom. The smallest absolute Gasteiger partial charge is 0.218 e. The van der Waals surface area contributed by atoms with Crippen molar-refractivity contribution in [1.82, 2.24) is 9.21 Å². The maximum Gasteiger partial charge on any atom is 0.218 e. The molecule has 1 fully saturated rings. The lowest BCUT2D eigenvalue weighted by atomic mass is 10.1. The fourth-order valence-corrected chi connectivity index (χ4v) is 4.89. The minimum atomic E-state index is -3.31. The average molecular weight is 404 g/mol. The number of aryl methyl sites for hydroxylation is 1. The standard InChI is InChI=1S/C20H25N3O2S2/c1-2-17-8-10-19(11-9-17)21-20(26)22-12-14-23(15-13-22)27(24,25)16-18-6-4-3-5-7-18/h3-11H,2,12-16H2,1H3,(H,21,26). The predicted molar refractivity (Wildman–Crippen MR) is 114 cm³/mol. The zero-order valence-electron chi connectivity index (χ0n) is 15.5. The van der Waals surface area contributed by atoms with Gasteiger partial charge in [0.25, 0.3) is 0 Å². The largest absolute Gasteiger partial charge is 0.346 e. The van der Waals surface area contributed by atoms with Gasteiger partial charge in [0.1, 0.15) is 0 Å². The molecule has 2 aromatic rings. The molecule has 1 saturated heterocycles. The lowest BCUT2D eigenvalue weighted by Gasteiger charge is -2.35. The van der Waals surface area contributed by atoms with E-state index in [4.69, 9.17) is 12.2 Å². The Morgan fingerprint density at radius 2 is 1.59 bits per heavy atom. The van der Waals surface area contributed by atoms with Crippen LogP contribution in [0.2, 0.25) is 0 Å². The summed E-state index contributed by atoms with van der Waals surface area (Å²) in [5, 5.41) is 3.88. The van der Waals surface area contributed by atoms with Crippen molar-refractivity contribution in [3.05, 3.63) is 65.7 Å². The normalized spacial score (nSPS) is 15.5. The van der Waals surface area contributed by atoms with Gasteiger partial charge < -0.3 is 10.2 Å². The summed E-state index contributed by atoms with van der Waals surface area (Å²) in [6, 6.07) is 17.5. The summed E-state index contributed by atoms with van der Waals surface area (Å²) >= 11 is 5.50. The summed E-state index contributed by atoms with van der Waals surface area (Å²) in [4.78, 5) is 2.03. The number of hydrogen-bond acceptors (Lipinski definition) is 3. The van der Waals surface area contributed by atoms with Crippen LogP contribution >= 0.6 is 12.2 Å². The molecule has 3 rings (SSSR count). The van der Waals surface area contributed by atoms with Crippen LogP contribution in [0.25, 0.3) is 0 Å². The fraction of sp³-hybridized carbons (Fsp3) is 0.350. The van der Waals surface area contributed by atoms with Crippen LogP contribution in [0.5, 0.6) is 0 Å². The van der Waals surface area contributed by atoms with Gasteiger partial charge in [0.2, 0.25) is 10.0 Å². The molecule has 0 unspecified atom stereocenters. The van der Waals surface area contributed by atoms with E-state index in [-0.39, 0.29) is 5.75 Å². The van der Waals surface area contributed by atoms with Crippen LogP contribution < -0.4 is 5.32 Å². The lowest BCUT2D eigenvalue weighted by molar-refractivity contribution is 0.268. The Labute approximate surface area is 167 Å². The Kier molecular flexibility index (Phi) is 6.46. The summed E-state index contributed by atoms with van der Waals surface area (Å²) in [6.45, 7) is 4.20. The highest BCUT2D eigenvalue weighted by Crippen LogP contribution is 2.15. The van der Waals surface area contributed by atoms with E-state index < -0.39 is 10.0 Å². The Hall–Kier alpha value is -1.96. The number of benzene rings is 2. The maximum absolute atomic E-state index is 12.6. The SMILES string of the molecule is CCc1ccc(NC(=S)N2CCN(S(=O)(=O)Cc3ccccc3)CC2)cc1. The molecule has 1 N–H and O–H groups in total.